The van der Waals surface area contributed by atoms with Gasteiger partial charge in [-0.25, -0.2) is 4.79 Å². The first kappa shape index (κ1) is 17.7. The van der Waals surface area contributed by atoms with Crippen molar-refractivity contribution >= 4 is 11.9 Å². The van der Waals surface area contributed by atoms with E-state index in [0.717, 1.165) is 12.8 Å². The van der Waals surface area contributed by atoms with Gasteiger partial charge < -0.3 is 10.1 Å². The number of unbranched alkanes of at least 4 members (excludes halogenated alkanes) is 3. The zero-order chi connectivity index (χ0) is 14.7. The highest BCUT2D eigenvalue weighted by Gasteiger charge is 2.21. The summed E-state index contributed by atoms with van der Waals surface area (Å²) >= 11 is 0. The lowest BCUT2D eigenvalue weighted by Gasteiger charge is -2.17. The van der Waals surface area contributed by atoms with Crippen LogP contribution in [0.15, 0.2) is 12.2 Å². The largest absolute Gasteiger partial charge is 0.467 e. The molecular formula is C15H27NO3. The Morgan fingerprint density at radius 1 is 1.26 bits per heavy atom. The van der Waals surface area contributed by atoms with Crippen LogP contribution in [0, 0.1) is 5.92 Å². The molecule has 0 bridgehead atoms. The van der Waals surface area contributed by atoms with Crippen molar-refractivity contribution in [2.75, 3.05) is 7.11 Å². The SMILES string of the molecule is CCCCC/C=C/C(=O)N[C@H](CC(C)C)C(=O)OC. The van der Waals surface area contributed by atoms with E-state index in [9.17, 15) is 9.59 Å². The second-order valence-electron chi connectivity index (χ2n) is 5.11. The third-order valence-electron chi connectivity index (χ3n) is 2.75. The fourth-order valence-corrected chi connectivity index (χ4v) is 1.75. The first-order valence-electron chi connectivity index (χ1n) is 7.06. The van der Waals surface area contributed by atoms with E-state index >= 15 is 0 Å². The summed E-state index contributed by atoms with van der Waals surface area (Å²) < 4.78 is 4.69. The van der Waals surface area contributed by atoms with E-state index in [4.69, 9.17) is 4.74 Å². The number of rotatable bonds is 9. The lowest BCUT2D eigenvalue weighted by molar-refractivity contribution is -0.145. The Hall–Kier alpha value is -1.32. The number of amides is 1. The molecule has 4 heteroatoms. The van der Waals surface area contributed by atoms with Crippen LogP contribution in [0.1, 0.15) is 52.9 Å². The third kappa shape index (κ3) is 9.28. The molecule has 0 aromatic heterocycles. The molecule has 0 rings (SSSR count). The highest BCUT2D eigenvalue weighted by molar-refractivity contribution is 5.91. The molecule has 0 aromatic rings. The number of hydrogen-bond acceptors (Lipinski definition) is 3. The normalized spacial score (nSPS) is 12.7. The molecule has 0 aliphatic heterocycles. The maximum atomic E-state index is 11.7. The Morgan fingerprint density at radius 3 is 2.47 bits per heavy atom. The zero-order valence-corrected chi connectivity index (χ0v) is 12.6. The molecule has 0 radical (unpaired) electrons. The Balaban J connectivity index is 4.19. The van der Waals surface area contributed by atoms with E-state index in [1.54, 1.807) is 0 Å². The van der Waals surface area contributed by atoms with Gasteiger partial charge in [0.1, 0.15) is 6.04 Å². The molecule has 0 unspecified atom stereocenters. The Kier molecular flexibility index (Phi) is 9.85. The maximum Gasteiger partial charge on any atom is 0.328 e. The molecule has 4 nitrogen and oxygen atoms in total. The van der Waals surface area contributed by atoms with E-state index in [0.29, 0.717) is 12.3 Å². The van der Waals surface area contributed by atoms with Crippen molar-refractivity contribution in [1.29, 1.82) is 0 Å². The Bertz CT molecular complexity index is 298. The van der Waals surface area contributed by atoms with Crippen molar-refractivity contribution in [3.8, 4) is 0 Å². The van der Waals surface area contributed by atoms with Gasteiger partial charge in [0.15, 0.2) is 0 Å². The number of allylic oxidation sites excluding steroid dienone is 1. The highest BCUT2D eigenvalue weighted by Crippen LogP contribution is 2.06. The highest BCUT2D eigenvalue weighted by atomic mass is 16.5. The molecule has 0 saturated heterocycles. The van der Waals surface area contributed by atoms with Gasteiger partial charge in [-0.05, 0) is 31.3 Å². The number of hydrogen-bond donors (Lipinski definition) is 1. The number of nitrogens with one attached hydrogen (secondary N) is 1. The fraction of sp³-hybridized carbons (Fsp3) is 0.733. The standard InChI is InChI=1S/C15H27NO3/c1-5-6-7-8-9-10-14(17)16-13(11-12(2)3)15(18)19-4/h9-10,12-13H,5-8,11H2,1-4H3,(H,16,17)/b10-9+/t13-/m1/s1. The monoisotopic (exact) mass is 269 g/mol. The van der Waals surface area contributed by atoms with Gasteiger partial charge in [0.2, 0.25) is 5.91 Å². The van der Waals surface area contributed by atoms with Crippen molar-refractivity contribution in [1.82, 2.24) is 5.32 Å². The van der Waals surface area contributed by atoms with Gasteiger partial charge in [0.05, 0.1) is 7.11 Å². The molecule has 1 N–H and O–H groups in total. The van der Waals surface area contributed by atoms with Crippen LogP contribution >= 0.6 is 0 Å². The summed E-state index contributed by atoms with van der Waals surface area (Å²) in [6.07, 6.45) is 8.27. The van der Waals surface area contributed by atoms with Gasteiger partial charge >= 0.3 is 5.97 Å². The van der Waals surface area contributed by atoms with E-state index < -0.39 is 6.04 Å². The van der Waals surface area contributed by atoms with E-state index in [-0.39, 0.29) is 11.9 Å². The second-order valence-corrected chi connectivity index (χ2v) is 5.11. The van der Waals surface area contributed by atoms with Crippen LogP contribution in [-0.4, -0.2) is 25.0 Å². The molecule has 1 amide bonds. The molecule has 0 aromatic carbocycles. The van der Waals surface area contributed by atoms with Gasteiger partial charge in [-0.2, -0.15) is 0 Å². The van der Waals surface area contributed by atoms with Crippen LogP contribution in [0.25, 0.3) is 0 Å². The summed E-state index contributed by atoms with van der Waals surface area (Å²) in [6.45, 7) is 6.15. The van der Waals surface area contributed by atoms with Crippen LogP contribution in [0.5, 0.6) is 0 Å². The molecule has 19 heavy (non-hydrogen) atoms. The summed E-state index contributed by atoms with van der Waals surface area (Å²) in [5, 5.41) is 2.69. The number of methoxy groups -OCH3 is 1. The summed E-state index contributed by atoms with van der Waals surface area (Å²) in [6, 6.07) is -0.558. The quantitative estimate of drug-likeness (QED) is 0.398. The van der Waals surface area contributed by atoms with Crippen molar-refractivity contribution in [3.63, 3.8) is 0 Å². The van der Waals surface area contributed by atoms with Crippen molar-refractivity contribution in [3.05, 3.63) is 12.2 Å². The van der Waals surface area contributed by atoms with Crippen molar-refractivity contribution < 1.29 is 14.3 Å². The molecule has 0 spiro atoms. The minimum atomic E-state index is -0.558. The number of ether oxygens (including phenoxy) is 1. The van der Waals surface area contributed by atoms with Gasteiger partial charge in [0, 0.05) is 0 Å². The van der Waals surface area contributed by atoms with E-state index in [1.807, 2.05) is 19.9 Å². The second kappa shape index (κ2) is 10.6. The average molecular weight is 269 g/mol. The van der Waals surface area contributed by atoms with Crippen LogP contribution in [0.3, 0.4) is 0 Å². The van der Waals surface area contributed by atoms with Crippen molar-refractivity contribution in [2.45, 2.75) is 58.9 Å². The average Bonchev–Trinajstić information content (AvgIpc) is 2.36. The summed E-state index contributed by atoms with van der Waals surface area (Å²) in [5.74, 6) is -0.299. The summed E-state index contributed by atoms with van der Waals surface area (Å²) in [7, 11) is 1.34. The predicted molar refractivity (Wildman–Crippen MR) is 76.7 cm³/mol. The van der Waals surface area contributed by atoms with Gasteiger partial charge in [-0.1, -0.05) is 39.7 Å². The van der Waals surface area contributed by atoms with Crippen LogP contribution in [0.4, 0.5) is 0 Å². The summed E-state index contributed by atoms with van der Waals surface area (Å²) in [5.41, 5.74) is 0. The molecule has 0 heterocycles. The zero-order valence-electron chi connectivity index (χ0n) is 12.6. The molecule has 110 valence electrons. The number of esters is 1. The first-order chi connectivity index (χ1) is 9.01. The van der Waals surface area contributed by atoms with Gasteiger partial charge in [-0.15, -0.1) is 0 Å². The molecule has 0 saturated carbocycles. The lowest BCUT2D eigenvalue weighted by atomic mass is 10.0. The lowest BCUT2D eigenvalue weighted by Crippen LogP contribution is -2.41. The molecule has 1 atom stereocenters. The van der Waals surface area contributed by atoms with E-state index in [1.165, 1.54) is 26.0 Å². The molecule has 0 fully saturated rings. The minimum Gasteiger partial charge on any atom is -0.467 e. The fourth-order valence-electron chi connectivity index (χ4n) is 1.75. The predicted octanol–water partition coefficient (Wildman–Crippen LogP) is 2.83. The smallest absolute Gasteiger partial charge is 0.328 e. The Labute approximate surface area is 116 Å². The molecule has 0 aliphatic carbocycles. The Morgan fingerprint density at radius 2 is 1.95 bits per heavy atom. The summed E-state index contributed by atoms with van der Waals surface area (Å²) in [4.78, 5) is 23.2. The van der Waals surface area contributed by atoms with Crippen molar-refractivity contribution in [2.24, 2.45) is 5.92 Å². The first-order valence-corrected chi connectivity index (χ1v) is 7.06. The number of carbonyl (C=O) groups is 2. The minimum absolute atomic E-state index is 0.229. The third-order valence-corrected chi connectivity index (χ3v) is 2.75. The van der Waals surface area contributed by atoms with Crippen LogP contribution in [0.2, 0.25) is 0 Å². The van der Waals surface area contributed by atoms with Crippen LogP contribution in [-0.2, 0) is 14.3 Å². The number of carbonyl (C=O) groups excluding carboxylic acids is 2. The molecular weight excluding hydrogens is 242 g/mol. The topological polar surface area (TPSA) is 55.4 Å². The van der Waals surface area contributed by atoms with Gasteiger partial charge in [-0.3, -0.25) is 4.79 Å². The van der Waals surface area contributed by atoms with E-state index in [2.05, 4.69) is 12.2 Å². The molecule has 0 aliphatic rings. The van der Waals surface area contributed by atoms with Crippen LogP contribution < -0.4 is 5.32 Å². The van der Waals surface area contributed by atoms with Gasteiger partial charge in [0.25, 0.3) is 0 Å². The maximum absolute atomic E-state index is 11.7.